The maximum Gasteiger partial charge on any atom is 0.273 e. The fraction of sp³-hybridized carbons (Fsp3) is 0.407. The molecule has 182 valence electrons. The van der Waals surface area contributed by atoms with E-state index in [0.29, 0.717) is 22.9 Å². The molecule has 0 radical (unpaired) electrons. The first-order valence-electron chi connectivity index (χ1n) is 12.4. The first-order valence-corrected chi connectivity index (χ1v) is 12.4. The molecule has 2 aliphatic rings. The van der Waals surface area contributed by atoms with Crippen LogP contribution < -0.4 is 16.0 Å². The van der Waals surface area contributed by atoms with Crippen LogP contribution in [0.5, 0.6) is 0 Å². The minimum Gasteiger partial charge on any atom is -0.360 e. The summed E-state index contributed by atoms with van der Waals surface area (Å²) < 4.78 is 5.39. The highest BCUT2D eigenvalue weighted by molar-refractivity contribution is 6.04. The Labute approximate surface area is 204 Å². The maximum atomic E-state index is 13.1. The number of aryl methyl sites for hydroxylation is 1. The molecular weight excluding hydrogens is 442 g/mol. The van der Waals surface area contributed by atoms with Crippen molar-refractivity contribution < 1.29 is 14.1 Å². The molecule has 1 saturated heterocycles. The molecule has 5 rings (SSSR count). The molecule has 1 atom stereocenters. The SMILES string of the molecule is CCc1ccc(NC(=O)c2cccc(C(NC(=O)c3cc(C4CC4)on3)C3CCNCC3)c2)cn1. The van der Waals surface area contributed by atoms with Gasteiger partial charge in [0.25, 0.3) is 11.8 Å². The van der Waals surface area contributed by atoms with Gasteiger partial charge < -0.3 is 20.5 Å². The zero-order valence-corrected chi connectivity index (χ0v) is 19.9. The van der Waals surface area contributed by atoms with Crippen LogP contribution in [-0.2, 0) is 6.42 Å². The second kappa shape index (κ2) is 10.4. The third-order valence-corrected chi connectivity index (χ3v) is 6.84. The molecule has 1 aromatic carbocycles. The van der Waals surface area contributed by atoms with Crippen molar-refractivity contribution in [3.63, 3.8) is 0 Å². The molecule has 8 heteroatoms. The topological polar surface area (TPSA) is 109 Å². The Morgan fingerprint density at radius 3 is 2.63 bits per heavy atom. The molecular formula is C27H31N5O3. The average molecular weight is 474 g/mol. The Morgan fingerprint density at radius 2 is 1.91 bits per heavy atom. The molecule has 8 nitrogen and oxygen atoms in total. The van der Waals surface area contributed by atoms with E-state index in [2.05, 4.69) is 26.1 Å². The van der Waals surface area contributed by atoms with Crippen molar-refractivity contribution in [2.24, 2.45) is 5.92 Å². The van der Waals surface area contributed by atoms with Gasteiger partial charge in [0.2, 0.25) is 0 Å². The second-order valence-corrected chi connectivity index (χ2v) is 9.40. The average Bonchev–Trinajstić information content (AvgIpc) is 3.64. The van der Waals surface area contributed by atoms with Crippen LogP contribution in [-0.4, -0.2) is 35.0 Å². The van der Waals surface area contributed by atoms with Crippen LogP contribution in [0.2, 0.25) is 0 Å². The number of pyridine rings is 1. The quantitative estimate of drug-likeness (QED) is 0.452. The van der Waals surface area contributed by atoms with Gasteiger partial charge in [-0.25, -0.2) is 0 Å². The number of anilines is 1. The van der Waals surface area contributed by atoms with E-state index in [1.54, 1.807) is 18.3 Å². The van der Waals surface area contributed by atoms with E-state index in [0.717, 1.165) is 62.2 Å². The minimum absolute atomic E-state index is 0.209. The number of nitrogens with one attached hydrogen (secondary N) is 3. The van der Waals surface area contributed by atoms with E-state index >= 15 is 0 Å². The highest BCUT2D eigenvalue weighted by Crippen LogP contribution is 2.40. The third kappa shape index (κ3) is 5.59. The Bertz CT molecular complexity index is 1180. The zero-order valence-electron chi connectivity index (χ0n) is 19.9. The van der Waals surface area contributed by atoms with E-state index in [-0.39, 0.29) is 23.8 Å². The van der Waals surface area contributed by atoms with Crippen molar-refractivity contribution >= 4 is 17.5 Å². The van der Waals surface area contributed by atoms with Crippen molar-refractivity contribution in [2.45, 2.75) is 51.0 Å². The van der Waals surface area contributed by atoms with Crippen LogP contribution in [0.4, 0.5) is 5.69 Å². The van der Waals surface area contributed by atoms with E-state index in [9.17, 15) is 9.59 Å². The molecule has 1 saturated carbocycles. The molecule has 0 spiro atoms. The number of benzene rings is 1. The van der Waals surface area contributed by atoms with Gasteiger partial charge in [0.15, 0.2) is 5.69 Å². The summed E-state index contributed by atoms with van der Waals surface area (Å²) in [5, 5.41) is 13.5. The molecule has 3 heterocycles. The normalized spacial score (nSPS) is 17.1. The number of carbonyl (C=O) groups is 2. The number of amides is 2. The van der Waals surface area contributed by atoms with Crippen LogP contribution in [0.1, 0.15) is 82.4 Å². The Hall–Kier alpha value is -3.52. The molecule has 1 aliphatic carbocycles. The Morgan fingerprint density at radius 1 is 1.09 bits per heavy atom. The minimum atomic E-state index is -0.249. The maximum absolute atomic E-state index is 13.1. The Balaban J connectivity index is 1.35. The zero-order chi connectivity index (χ0) is 24.2. The van der Waals surface area contributed by atoms with E-state index in [1.807, 2.05) is 37.3 Å². The van der Waals surface area contributed by atoms with Crippen molar-refractivity contribution in [2.75, 3.05) is 18.4 Å². The van der Waals surface area contributed by atoms with Gasteiger partial charge in [-0.3, -0.25) is 14.6 Å². The summed E-state index contributed by atoms with van der Waals surface area (Å²) in [6.07, 6.45) is 6.55. The lowest BCUT2D eigenvalue weighted by Crippen LogP contribution is -2.39. The van der Waals surface area contributed by atoms with E-state index in [4.69, 9.17) is 4.52 Å². The molecule has 1 aliphatic heterocycles. The van der Waals surface area contributed by atoms with Crippen LogP contribution in [0.3, 0.4) is 0 Å². The van der Waals surface area contributed by atoms with Crippen LogP contribution in [0.15, 0.2) is 53.2 Å². The van der Waals surface area contributed by atoms with Crippen LogP contribution in [0, 0.1) is 5.92 Å². The summed E-state index contributed by atoms with van der Waals surface area (Å²) in [5.74, 6) is 0.973. The van der Waals surface area contributed by atoms with Gasteiger partial charge in [-0.1, -0.05) is 24.2 Å². The predicted octanol–water partition coefficient (Wildman–Crippen LogP) is 4.23. The standard InChI is InChI=1S/C27H31N5O3/c1-2-21-8-9-22(16-29-21)30-26(33)20-5-3-4-19(14-20)25(18-10-12-28-13-11-18)31-27(34)23-15-24(35-32-23)17-6-7-17/h3-5,8-9,14-18,25,28H,2,6-7,10-13H2,1H3,(H,30,33)(H,31,34). The highest BCUT2D eigenvalue weighted by Gasteiger charge is 2.31. The number of aromatic nitrogens is 2. The lowest BCUT2D eigenvalue weighted by atomic mass is 9.85. The fourth-order valence-electron chi connectivity index (χ4n) is 4.61. The molecule has 2 fully saturated rings. The summed E-state index contributed by atoms with van der Waals surface area (Å²) in [6, 6.07) is 12.8. The van der Waals surface area contributed by atoms with Crippen LogP contribution in [0.25, 0.3) is 0 Å². The van der Waals surface area contributed by atoms with Gasteiger partial charge in [0, 0.05) is 23.2 Å². The molecule has 0 bridgehead atoms. The summed E-state index contributed by atoms with van der Waals surface area (Å²) in [6.45, 7) is 3.83. The number of hydrogen-bond acceptors (Lipinski definition) is 6. The smallest absolute Gasteiger partial charge is 0.273 e. The van der Waals surface area contributed by atoms with Gasteiger partial charge in [0.1, 0.15) is 5.76 Å². The molecule has 3 N–H and O–H groups in total. The first-order chi connectivity index (χ1) is 17.1. The number of hydrogen-bond donors (Lipinski definition) is 3. The monoisotopic (exact) mass is 473 g/mol. The van der Waals surface area contributed by atoms with Crippen molar-refractivity contribution in [3.8, 4) is 0 Å². The van der Waals surface area contributed by atoms with Gasteiger partial charge >= 0.3 is 0 Å². The summed E-state index contributed by atoms with van der Waals surface area (Å²) >= 11 is 0. The third-order valence-electron chi connectivity index (χ3n) is 6.84. The van der Waals surface area contributed by atoms with Crippen molar-refractivity contribution in [1.29, 1.82) is 0 Å². The fourth-order valence-corrected chi connectivity index (χ4v) is 4.61. The van der Waals surface area contributed by atoms with Gasteiger partial charge in [-0.05, 0) is 80.9 Å². The van der Waals surface area contributed by atoms with Crippen LogP contribution >= 0.6 is 0 Å². The number of nitrogens with zero attached hydrogens (tertiary/aromatic N) is 2. The largest absolute Gasteiger partial charge is 0.360 e. The number of piperidine rings is 1. The number of rotatable bonds is 8. The Kier molecular flexibility index (Phi) is 6.90. The van der Waals surface area contributed by atoms with Gasteiger partial charge in [-0.2, -0.15) is 0 Å². The molecule has 2 amide bonds. The molecule has 3 aromatic rings. The van der Waals surface area contributed by atoms with E-state index in [1.165, 1.54) is 0 Å². The molecule has 2 aromatic heterocycles. The highest BCUT2D eigenvalue weighted by atomic mass is 16.5. The van der Waals surface area contributed by atoms with Crippen molar-refractivity contribution in [3.05, 3.63) is 76.9 Å². The van der Waals surface area contributed by atoms with Gasteiger partial charge in [0.05, 0.1) is 17.9 Å². The molecule has 35 heavy (non-hydrogen) atoms. The summed E-state index contributed by atoms with van der Waals surface area (Å²) in [7, 11) is 0. The predicted molar refractivity (Wildman–Crippen MR) is 132 cm³/mol. The van der Waals surface area contributed by atoms with Crippen molar-refractivity contribution in [1.82, 2.24) is 20.8 Å². The lowest BCUT2D eigenvalue weighted by Gasteiger charge is -2.31. The van der Waals surface area contributed by atoms with E-state index < -0.39 is 0 Å². The first kappa shape index (κ1) is 23.2. The molecule has 1 unspecified atom stereocenters. The second-order valence-electron chi connectivity index (χ2n) is 9.40. The summed E-state index contributed by atoms with van der Waals surface area (Å²) in [4.78, 5) is 30.4. The van der Waals surface area contributed by atoms with Gasteiger partial charge in [-0.15, -0.1) is 0 Å². The number of carbonyl (C=O) groups excluding carboxylic acids is 2. The summed E-state index contributed by atoms with van der Waals surface area (Å²) in [5.41, 5.74) is 3.37. The lowest BCUT2D eigenvalue weighted by molar-refractivity contribution is 0.0904.